The van der Waals surface area contributed by atoms with Crippen LogP contribution in [0.2, 0.25) is 0 Å². The largest absolute Gasteiger partial charge is 0.339 e. The molecule has 0 unspecified atom stereocenters. The SMILES string of the molecule is Cc1cc(C)n([C@@H]2CCCN(C(=O)CN(C)Cc3ccccc3)C2)n1. The van der Waals surface area contributed by atoms with E-state index in [-0.39, 0.29) is 5.91 Å². The molecule has 1 amide bonds. The van der Waals surface area contributed by atoms with E-state index in [1.54, 1.807) is 0 Å². The Bertz CT molecular complexity index is 710. The summed E-state index contributed by atoms with van der Waals surface area (Å²) in [5.41, 5.74) is 3.46. The number of likely N-dealkylation sites (N-methyl/N-ethyl adjacent to an activating group) is 1. The van der Waals surface area contributed by atoms with Gasteiger partial charge in [-0.2, -0.15) is 5.10 Å². The smallest absolute Gasteiger partial charge is 0.236 e. The van der Waals surface area contributed by atoms with Crippen molar-refractivity contribution < 1.29 is 4.79 Å². The molecule has 0 radical (unpaired) electrons. The van der Waals surface area contributed by atoms with Crippen molar-refractivity contribution in [2.75, 3.05) is 26.7 Å². The molecule has 5 heteroatoms. The molecular weight excluding hydrogens is 312 g/mol. The summed E-state index contributed by atoms with van der Waals surface area (Å²) in [5, 5.41) is 4.61. The van der Waals surface area contributed by atoms with Gasteiger partial charge in [0.15, 0.2) is 0 Å². The predicted molar refractivity (Wildman–Crippen MR) is 99.3 cm³/mol. The fraction of sp³-hybridized carbons (Fsp3) is 0.500. The number of hydrogen-bond donors (Lipinski definition) is 0. The number of aromatic nitrogens is 2. The Kier molecular flexibility index (Phi) is 5.53. The van der Waals surface area contributed by atoms with Crippen LogP contribution in [0.5, 0.6) is 0 Å². The van der Waals surface area contributed by atoms with E-state index in [1.807, 2.05) is 37.1 Å². The lowest BCUT2D eigenvalue weighted by molar-refractivity contribution is -0.133. The molecular formula is C20H28N4O. The monoisotopic (exact) mass is 340 g/mol. The van der Waals surface area contributed by atoms with Crippen LogP contribution in [0.1, 0.15) is 35.8 Å². The Labute approximate surface area is 150 Å². The molecule has 0 aliphatic carbocycles. The van der Waals surface area contributed by atoms with Crippen LogP contribution >= 0.6 is 0 Å². The maximum Gasteiger partial charge on any atom is 0.236 e. The van der Waals surface area contributed by atoms with Crippen molar-refractivity contribution in [1.29, 1.82) is 0 Å². The molecule has 0 bridgehead atoms. The molecule has 5 nitrogen and oxygen atoms in total. The van der Waals surface area contributed by atoms with Crippen LogP contribution in [0.25, 0.3) is 0 Å². The van der Waals surface area contributed by atoms with Crippen LogP contribution in [-0.4, -0.2) is 52.2 Å². The fourth-order valence-electron chi connectivity index (χ4n) is 3.68. The molecule has 1 fully saturated rings. The first-order chi connectivity index (χ1) is 12.0. The highest BCUT2D eigenvalue weighted by molar-refractivity contribution is 5.78. The average molecular weight is 340 g/mol. The number of rotatable bonds is 5. The molecule has 1 aliphatic heterocycles. The van der Waals surface area contributed by atoms with Gasteiger partial charge in [-0.05, 0) is 45.4 Å². The molecule has 3 rings (SSSR count). The van der Waals surface area contributed by atoms with E-state index < -0.39 is 0 Å². The standard InChI is InChI=1S/C20H28N4O/c1-16-12-17(2)24(21-16)19-10-7-11-23(14-19)20(25)15-22(3)13-18-8-5-4-6-9-18/h4-6,8-9,12,19H,7,10-11,13-15H2,1-3H3/t19-/m1/s1. The van der Waals surface area contributed by atoms with Gasteiger partial charge in [0, 0.05) is 25.3 Å². The highest BCUT2D eigenvalue weighted by Gasteiger charge is 2.26. The van der Waals surface area contributed by atoms with E-state index in [0.717, 1.165) is 38.2 Å². The second-order valence-corrected chi connectivity index (χ2v) is 7.17. The van der Waals surface area contributed by atoms with Crippen molar-refractivity contribution in [3.05, 3.63) is 53.3 Å². The number of amides is 1. The number of likely N-dealkylation sites (tertiary alicyclic amines) is 1. The molecule has 0 N–H and O–H groups in total. The highest BCUT2D eigenvalue weighted by atomic mass is 16.2. The summed E-state index contributed by atoms with van der Waals surface area (Å²) in [5.74, 6) is 0.213. The average Bonchev–Trinajstić information content (AvgIpc) is 2.94. The van der Waals surface area contributed by atoms with E-state index in [2.05, 4.69) is 39.8 Å². The van der Waals surface area contributed by atoms with Gasteiger partial charge in [-0.25, -0.2) is 0 Å². The topological polar surface area (TPSA) is 41.4 Å². The maximum atomic E-state index is 12.7. The minimum absolute atomic E-state index is 0.213. The maximum absolute atomic E-state index is 12.7. The van der Waals surface area contributed by atoms with Crippen molar-refractivity contribution in [3.63, 3.8) is 0 Å². The minimum Gasteiger partial charge on any atom is -0.339 e. The van der Waals surface area contributed by atoms with Gasteiger partial charge in [-0.15, -0.1) is 0 Å². The van der Waals surface area contributed by atoms with E-state index >= 15 is 0 Å². The summed E-state index contributed by atoms with van der Waals surface area (Å²) in [6.45, 7) is 6.98. The second kappa shape index (κ2) is 7.83. The zero-order valence-corrected chi connectivity index (χ0v) is 15.5. The minimum atomic E-state index is 0.213. The molecule has 2 aromatic rings. The summed E-state index contributed by atoms with van der Waals surface area (Å²) < 4.78 is 2.10. The van der Waals surface area contributed by atoms with Crippen molar-refractivity contribution in [3.8, 4) is 0 Å². The lowest BCUT2D eigenvalue weighted by Gasteiger charge is -2.34. The van der Waals surface area contributed by atoms with Gasteiger partial charge in [0.2, 0.25) is 5.91 Å². The van der Waals surface area contributed by atoms with Crippen LogP contribution in [0.4, 0.5) is 0 Å². The first-order valence-corrected chi connectivity index (χ1v) is 9.06. The first-order valence-electron chi connectivity index (χ1n) is 9.06. The number of hydrogen-bond acceptors (Lipinski definition) is 3. The summed E-state index contributed by atoms with van der Waals surface area (Å²) in [7, 11) is 2.01. The molecule has 25 heavy (non-hydrogen) atoms. The van der Waals surface area contributed by atoms with Crippen LogP contribution < -0.4 is 0 Å². The van der Waals surface area contributed by atoms with E-state index in [0.29, 0.717) is 12.6 Å². The summed E-state index contributed by atoms with van der Waals surface area (Å²) in [6.07, 6.45) is 2.13. The summed E-state index contributed by atoms with van der Waals surface area (Å²) in [6, 6.07) is 12.7. The number of benzene rings is 1. The zero-order valence-electron chi connectivity index (χ0n) is 15.5. The molecule has 0 saturated carbocycles. The Morgan fingerprint density at radius 2 is 2.04 bits per heavy atom. The lowest BCUT2D eigenvalue weighted by Crippen LogP contribution is -2.45. The third-order valence-corrected chi connectivity index (χ3v) is 4.84. The van der Waals surface area contributed by atoms with E-state index in [4.69, 9.17) is 0 Å². The third-order valence-electron chi connectivity index (χ3n) is 4.84. The molecule has 1 aromatic carbocycles. The van der Waals surface area contributed by atoms with E-state index in [1.165, 1.54) is 11.3 Å². The Morgan fingerprint density at radius 1 is 1.28 bits per heavy atom. The van der Waals surface area contributed by atoms with Gasteiger partial charge in [-0.1, -0.05) is 30.3 Å². The number of aryl methyl sites for hydroxylation is 2. The molecule has 1 atom stereocenters. The lowest BCUT2D eigenvalue weighted by atomic mass is 10.1. The quantitative estimate of drug-likeness (QED) is 0.840. The number of carbonyl (C=O) groups is 1. The van der Waals surface area contributed by atoms with Crippen molar-refractivity contribution in [1.82, 2.24) is 19.6 Å². The summed E-state index contributed by atoms with van der Waals surface area (Å²) >= 11 is 0. The van der Waals surface area contributed by atoms with Gasteiger partial charge in [0.05, 0.1) is 18.3 Å². The number of piperidine rings is 1. The Morgan fingerprint density at radius 3 is 2.72 bits per heavy atom. The van der Waals surface area contributed by atoms with Crippen molar-refractivity contribution in [2.45, 2.75) is 39.3 Å². The van der Waals surface area contributed by atoms with Crippen molar-refractivity contribution in [2.24, 2.45) is 0 Å². The molecule has 0 spiro atoms. The molecule has 134 valence electrons. The molecule has 2 heterocycles. The Balaban J connectivity index is 1.57. The molecule has 1 aromatic heterocycles. The van der Waals surface area contributed by atoms with Gasteiger partial charge in [0.25, 0.3) is 0 Å². The van der Waals surface area contributed by atoms with Crippen LogP contribution in [0, 0.1) is 13.8 Å². The van der Waals surface area contributed by atoms with Gasteiger partial charge in [-0.3, -0.25) is 14.4 Å². The second-order valence-electron chi connectivity index (χ2n) is 7.17. The van der Waals surface area contributed by atoms with Crippen LogP contribution in [0.15, 0.2) is 36.4 Å². The van der Waals surface area contributed by atoms with Crippen LogP contribution in [0.3, 0.4) is 0 Å². The van der Waals surface area contributed by atoms with Crippen molar-refractivity contribution >= 4 is 5.91 Å². The third kappa shape index (κ3) is 4.48. The number of nitrogens with zero attached hydrogens (tertiary/aromatic N) is 4. The van der Waals surface area contributed by atoms with Crippen LogP contribution in [-0.2, 0) is 11.3 Å². The predicted octanol–water partition coefficient (Wildman–Crippen LogP) is 2.80. The molecule has 1 saturated heterocycles. The zero-order chi connectivity index (χ0) is 17.8. The normalized spacial score (nSPS) is 17.9. The Hall–Kier alpha value is -2.14. The van der Waals surface area contributed by atoms with Gasteiger partial charge >= 0.3 is 0 Å². The van der Waals surface area contributed by atoms with Gasteiger partial charge < -0.3 is 4.90 Å². The van der Waals surface area contributed by atoms with Gasteiger partial charge in [0.1, 0.15) is 0 Å². The van der Waals surface area contributed by atoms with E-state index in [9.17, 15) is 4.79 Å². The summed E-state index contributed by atoms with van der Waals surface area (Å²) in [4.78, 5) is 16.8. The highest BCUT2D eigenvalue weighted by Crippen LogP contribution is 2.23. The number of carbonyl (C=O) groups excluding carboxylic acids is 1. The molecule has 1 aliphatic rings. The fourth-order valence-corrected chi connectivity index (χ4v) is 3.68. The first kappa shape index (κ1) is 17.7.